The van der Waals surface area contributed by atoms with Gasteiger partial charge in [-0.1, -0.05) is 60.7 Å². The lowest BCUT2D eigenvalue weighted by molar-refractivity contribution is -0.122. The standard InChI is InChI=1S/C22H26N2O2/c1-17(19-10-6-3-7-11-19)23-22(26)13-12-20-15-24(16-21(20)25)14-18-8-4-2-5-9-18/h2-11,17,20H,12-16H2,1H3,(H,23,26)/t17-,20-/m1/s1. The molecule has 3 rings (SSSR count). The molecule has 1 fully saturated rings. The fraction of sp³-hybridized carbons (Fsp3) is 0.364. The lowest BCUT2D eigenvalue weighted by atomic mass is 10.0. The fourth-order valence-corrected chi connectivity index (χ4v) is 3.49. The van der Waals surface area contributed by atoms with Gasteiger partial charge >= 0.3 is 0 Å². The maximum atomic E-state index is 12.3. The summed E-state index contributed by atoms with van der Waals surface area (Å²) in [5, 5.41) is 3.02. The molecule has 1 aliphatic heterocycles. The SMILES string of the molecule is C[C@@H](NC(=O)CC[C@@H]1CN(Cc2ccccc2)CC1=O)c1ccccc1. The highest BCUT2D eigenvalue weighted by atomic mass is 16.1. The van der Waals surface area contributed by atoms with Crippen LogP contribution in [0.3, 0.4) is 0 Å². The van der Waals surface area contributed by atoms with Crippen molar-refractivity contribution in [2.75, 3.05) is 13.1 Å². The molecule has 1 saturated heterocycles. The molecule has 0 radical (unpaired) electrons. The highest BCUT2D eigenvalue weighted by Crippen LogP contribution is 2.20. The first-order chi connectivity index (χ1) is 12.6. The lowest BCUT2D eigenvalue weighted by Gasteiger charge is -2.16. The van der Waals surface area contributed by atoms with E-state index in [4.69, 9.17) is 0 Å². The Kier molecular flexibility index (Phi) is 6.18. The molecule has 2 atom stereocenters. The van der Waals surface area contributed by atoms with Gasteiger partial charge in [0.15, 0.2) is 5.78 Å². The highest BCUT2D eigenvalue weighted by Gasteiger charge is 2.30. The van der Waals surface area contributed by atoms with Gasteiger partial charge in [0.05, 0.1) is 12.6 Å². The minimum Gasteiger partial charge on any atom is -0.350 e. The van der Waals surface area contributed by atoms with Gasteiger partial charge in [-0.25, -0.2) is 0 Å². The molecule has 2 aromatic carbocycles. The van der Waals surface area contributed by atoms with Crippen molar-refractivity contribution >= 4 is 11.7 Å². The summed E-state index contributed by atoms with van der Waals surface area (Å²) in [6.07, 6.45) is 1.02. The van der Waals surface area contributed by atoms with Crippen LogP contribution in [-0.2, 0) is 16.1 Å². The average Bonchev–Trinajstić information content (AvgIpc) is 3.00. The normalized spacial score (nSPS) is 18.7. The van der Waals surface area contributed by atoms with Gasteiger partial charge in [-0.05, 0) is 24.5 Å². The Morgan fingerprint density at radius 3 is 2.46 bits per heavy atom. The summed E-state index contributed by atoms with van der Waals surface area (Å²) in [7, 11) is 0. The third kappa shape index (κ3) is 5.02. The summed E-state index contributed by atoms with van der Waals surface area (Å²) >= 11 is 0. The fourth-order valence-electron chi connectivity index (χ4n) is 3.49. The molecule has 1 amide bonds. The molecule has 136 valence electrons. The minimum absolute atomic E-state index is 0.00987. The zero-order chi connectivity index (χ0) is 18.4. The molecule has 0 saturated carbocycles. The van der Waals surface area contributed by atoms with Crippen LogP contribution in [0.5, 0.6) is 0 Å². The molecule has 0 bridgehead atoms. The van der Waals surface area contributed by atoms with Crippen molar-refractivity contribution in [1.82, 2.24) is 10.2 Å². The van der Waals surface area contributed by atoms with E-state index in [1.807, 2.05) is 55.5 Å². The smallest absolute Gasteiger partial charge is 0.220 e. The van der Waals surface area contributed by atoms with E-state index >= 15 is 0 Å². The van der Waals surface area contributed by atoms with E-state index in [2.05, 4.69) is 22.3 Å². The zero-order valence-electron chi connectivity index (χ0n) is 15.2. The summed E-state index contributed by atoms with van der Waals surface area (Å²) in [6.45, 7) is 4.01. The number of benzene rings is 2. The number of rotatable bonds is 7. The predicted molar refractivity (Wildman–Crippen MR) is 102 cm³/mol. The number of carbonyl (C=O) groups is 2. The second-order valence-corrected chi connectivity index (χ2v) is 7.06. The first kappa shape index (κ1) is 18.3. The van der Waals surface area contributed by atoms with E-state index in [0.29, 0.717) is 19.4 Å². The van der Waals surface area contributed by atoms with Crippen molar-refractivity contribution in [1.29, 1.82) is 0 Å². The molecule has 4 nitrogen and oxygen atoms in total. The van der Waals surface area contributed by atoms with Gasteiger partial charge in [-0.2, -0.15) is 0 Å². The van der Waals surface area contributed by atoms with Gasteiger partial charge in [-0.3, -0.25) is 14.5 Å². The first-order valence-electron chi connectivity index (χ1n) is 9.25. The summed E-state index contributed by atoms with van der Waals surface area (Å²) < 4.78 is 0. The van der Waals surface area contributed by atoms with Crippen molar-refractivity contribution < 1.29 is 9.59 Å². The molecule has 1 heterocycles. The first-order valence-corrected chi connectivity index (χ1v) is 9.25. The Morgan fingerprint density at radius 1 is 1.12 bits per heavy atom. The minimum atomic E-state index is -0.0310. The van der Waals surface area contributed by atoms with Crippen molar-refractivity contribution in [2.45, 2.75) is 32.4 Å². The topological polar surface area (TPSA) is 49.4 Å². The molecule has 26 heavy (non-hydrogen) atoms. The number of amides is 1. The number of nitrogens with one attached hydrogen (secondary N) is 1. The molecule has 0 spiro atoms. The average molecular weight is 350 g/mol. The van der Waals surface area contributed by atoms with Gasteiger partial charge in [0.1, 0.15) is 0 Å². The molecular formula is C22H26N2O2. The third-order valence-electron chi connectivity index (χ3n) is 4.96. The molecule has 2 aromatic rings. The number of ketones is 1. The summed E-state index contributed by atoms with van der Waals surface area (Å²) in [5.74, 6) is 0.233. The van der Waals surface area contributed by atoms with E-state index in [0.717, 1.165) is 18.7 Å². The van der Waals surface area contributed by atoms with Crippen LogP contribution >= 0.6 is 0 Å². The van der Waals surface area contributed by atoms with Crippen LogP contribution in [0.2, 0.25) is 0 Å². The number of hydrogen-bond donors (Lipinski definition) is 1. The largest absolute Gasteiger partial charge is 0.350 e. The summed E-state index contributed by atoms with van der Waals surface area (Å²) in [4.78, 5) is 26.7. The summed E-state index contributed by atoms with van der Waals surface area (Å²) in [6, 6.07) is 20.1. The number of hydrogen-bond acceptors (Lipinski definition) is 3. The van der Waals surface area contributed by atoms with Crippen LogP contribution in [-0.4, -0.2) is 29.7 Å². The van der Waals surface area contributed by atoms with E-state index in [1.54, 1.807) is 0 Å². The van der Waals surface area contributed by atoms with Crippen LogP contribution in [0.25, 0.3) is 0 Å². The second kappa shape index (κ2) is 8.77. The van der Waals surface area contributed by atoms with Crippen LogP contribution < -0.4 is 5.32 Å². The van der Waals surface area contributed by atoms with Gasteiger partial charge in [0, 0.05) is 25.4 Å². The Bertz CT molecular complexity index is 730. The maximum Gasteiger partial charge on any atom is 0.220 e. The monoisotopic (exact) mass is 350 g/mol. The molecule has 0 unspecified atom stereocenters. The Morgan fingerprint density at radius 2 is 1.77 bits per heavy atom. The second-order valence-electron chi connectivity index (χ2n) is 7.06. The quantitative estimate of drug-likeness (QED) is 0.833. The van der Waals surface area contributed by atoms with Crippen LogP contribution in [0.4, 0.5) is 0 Å². The van der Waals surface area contributed by atoms with E-state index in [9.17, 15) is 9.59 Å². The highest BCUT2D eigenvalue weighted by molar-refractivity contribution is 5.86. The van der Waals surface area contributed by atoms with Gasteiger partial charge < -0.3 is 5.32 Å². The van der Waals surface area contributed by atoms with Crippen molar-refractivity contribution in [3.8, 4) is 0 Å². The number of Topliss-reactive ketones (excluding diaryl/α,β-unsaturated/α-hetero) is 1. The van der Waals surface area contributed by atoms with Crippen LogP contribution in [0.1, 0.15) is 36.9 Å². The Labute approximate surface area is 155 Å². The maximum absolute atomic E-state index is 12.3. The summed E-state index contributed by atoms with van der Waals surface area (Å²) in [5.41, 5.74) is 2.31. The molecule has 0 aliphatic carbocycles. The van der Waals surface area contributed by atoms with E-state index < -0.39 is 0 Å². The molecule has 1 N–H and O–H groups in total. The number of likely N-dealkylation sites (tertiary alicyclic amines) is 1. The van der Waals surface area contributed by atoms with Gasteiger partial charge in [0.2, 0.25) is 5.91 Å². The van der Waals surface area contributed by atoms with Crippen LogP contribution in [0.15, 0.2) is 60.7 Å². The zero-order valence-corrected chi connectivity index (χ0v) is 15.2. The van der Waals surface area contributed by atoms with Gasteiger partial charge in [0.25, 0.3) is 0 Å². The van der Waals surface area contributed by atoms with Crippen molar-refractivity contribution in [3.05, 3.63) is 71.8 Å². The Hall–Kier alpha value is -2.46. The third-order valence-corrected chi connectivity index (χ3v) is 4.96. The Balaban J connectivity index is 1.44. The number of nitrogens with zero attached hydrogens (tertiary/aromatic N) is 1. The molecule has 4 heteroatoms. The van der Waals surface area contributed by atoms with Crippen molar-refractivity contribution in [3.63, 3.8) is 0 Å². The lowest BCUT2D eigenvalue weighted by Crippen LogP contribution is -2.27. The molecular weight excluding hydrogens is 324 g/mol. The van der Waals surface area contributed by atoms with Crippen molar-refractivity contribution in [2.24, 2.45) is 5.92 Å². The predicted octanol–water partition coefficient (Wildman–Crippen LogP) is 3.35. The van der Waals surface area contributed by atoms with Crippen LogP contribution in [0, 0.1) is 5.92 Å². The molecule has 1 aliphatic rings. The van der Waals surface area contributed by atoms with Gasteiger partial charge in [-0.15, -0.1) is 0 Å². The van der Waals surface area contributed by atoms with E-state index in [-0.39, 0.29) is 23.7 Å². The van der Waals surface area contributed by atoms with E-state index in [1.165, 1.54) is 5.56 Å². The number of carbonyl (C=O) groups excluding carboxylic acids is 2. The molecule has 0 aromatic heterocycles.